The maximum Gasteiger partial charge on any atom is 0.306 e. The Bertz CT molecular complexity index is 761. The predicted octanol–water partition coefficient (Wildman–Crippen LogP) is 14.4. The van der Waals surface area contributed by atoms with Crippen molar-refractivity contribution in [2.24, 2.45) is 0 Å². The molecule has 46 heavy (non-hydrogen) atoms. The SMILES string of the molecule is CCCCC/C=C\C/C=C\CCCCCCCC(=O)OC(C/C=C\CCCCCCCCO[Si](C)(C)C(C)(C)C)CCCCCC. The van der Waals surface area contributed by atoms with Gasteiger partial charge in [0.05, 0.1) is 0 Å². The molecular weight excluding hydrogens is 581 g/mol. The van der Waals surface area contributed by atoms with Gasteiger partial charge >= 0.3 is 5.97 Å². The molecule has 0 saturated carbocycles. The van der Waals surface area contributed by atoms with Crippen LogP contribution in [-0.4, -0.2) is 27.0 Å². The summed E-state index contributed by atoms with van der Waals surface area (Å²) in [6.45, 7) is 17.1. The average Bonchev–Trinajstić information content (AvgIpc) is 3.00. The van der Waals surface area contributed by atoms with E-state index in [1.54, 1.807) is 0 Å². The van der Waals surface area contributed by atoms with Crippen molar-refractivity contribution in [3.8, 4) is 0 Å². The number of unbranched alkanes of at least 4 members (excludes halogenated alkanes) is 17. The van der Waals surface area contributed by atoms with Gasteiger partial charge in [-0.2, -0.15) is 0 Å². The molecule has 0 rings (SSSR count). The molecule has 0 bridgehead atoms. The summed E-state index contributed by atoms with van der Waals surface area (Å²) in [6, 6.07) is 0. The Kier molecular flexibility index (Phi) is 30.4. The zero-order valence-corrected chi connectivity index (χ0v) is 33.2. The van der Waals surface area contributed by atoms with Crippen molar-refractivity contribution in [2.45, 2.75) is 219 Å². The van der Waals surface area contributed by atoms with Crippen LogP contribution in [0.4, 0.5) is 0 Å². The normalized spacial score (nSPS) is 13.5. The molecule has 1 unspecified atom stereocenters. The molecule has 0 aliphatic heterocycles. The fourth-order valence-corrected chi connectivity index (χ4v) is 6.42. The highest BCUT2D eigenvalue weighted by Gasteiger charge is 2.36. The van der Waals surface area contributed by atoms with E-state index in [2.05, 4.69) is 84.2 Å². The Morgan fingerprint density at radius 3 is 1.67 bits per heavy atom. The predicted molar refractivity (Wildman–Crippen MR) is 207 cm³/mol. The first-order valence-electron chi connectivity index (χ1n) is 19.9. The first-order chi connectivity index (χ1) is 22.1. The lowest BCUT2D eigenvalue weighted by atomic mass is 10.1. The number of esters is 1. The highest BCUT2D eigenvalue weighted by molar-refractivity contribution is 6.74. The van der Waals surface area contributed by atoms with Gasteiger partial charge in [0.2, 0.25) is 0 Å². The van der Waals surface area contributed by atoms with Crippen molar-refractivity contribution in [1.29, 1.82) is 0 Å². The molecule has 0 aliphatic rings. The second-order valence-corrected chi connectivity index (χ2v) is 20.0. The molecule has 270 valence electrons. The molecule has 0 aliphatic carbocycles. The Balaban J connectivity index is 4.00. The first-order valence-corrected chi connectivity index (χ1v) is 22.8. The molecule has 4 heteroatoms. The maximum atomic E-state index is 12.6. The zero-order chi connectivity index (χ0) is 34.2. The van der Waals surface area contributed by atoms with Crippen molar-refractivity contribution < 1.29 is 14.0 Å². The Morgan fingerprint density at radius 1 is 0.609 bits per heavy atom. The van der Waals surface area contributed by atoms with E-state index in [-0.39, 0.29) is 12.1 Å². The number of allylic oxidation sites excluding steroid dienone is 5. The molecule has 1 atom stereocenters. The van der Waals surface area contributed by atoms with Gasteiger partial charge in [0.15, 0.2) is 8.32 Å². The van der Waals surface area contributed by atoms with Gasteiger partial charge in [-0.3, -0.25) is 4.79 Å². The number of carbonyl (C=O) groups is 1. The van der Waals surface area contributed by atoms with Crippen LogP contribution in [0.5, 0.6) is 0 Å². The quantitative estimate of drug-likeness (QED) is 0.0312. The lowest BCUT2D eigenvalue weighted by Crippen LogP contribution is -2.40. The zero-order valence-electron chi connectivity index (χ0n) is 32.2. The summed E-state index contributed by atoms with van der Waals surface area (Å²) in [7, 11) is -1.59. The van der Waals surface area contributed by atoms with E-state index in [1.807, 2.05) is 0 Å². The van der Waals surface area contributed by atoms with Crippen molar-refractivity contribution >= 4 is 14.3 Å². The second kappa shape index (κ2) is 31.2. The molecule has 0 fully saturated rings. The van der Waals surface area contributed by atoms with Crippen molar-refractivity contribution in [1.82, 2.24) is 0 Å². The number of hydrogen-bond acceptors (Lipinski definition) is 3. The fourth-order valence-electron chi connectivity index (χ4n) is 5.33. The van der Waals surface area contributed by atoms with Gasteiger partial charge in [-0.25, -0.2) is 0 Å². The molecule has 0 heterocycles. The van der Waals surface area contributed by atoms with E-state index >= 15 is 0 Å². The third kappa shape index (κ3) is 29.0. The summed E-state index contributed by atoms with van der Waals surface area (Å²) in [4.78, 5) is 12.6. The van der Waals surface area contributed by atoms with Crippen LogP contribution in [0.2, 0.25) is 18.1 Å². The summed E-state index contributed by atoms with van der Waals surface area (Å²) in [5.74, 6) is 0.00860. The molecule has 3 nitrogen and oxygen atoms in total. The molecular formula is C42H80O3Si. The molecule has 0 aromatic heterocycles. The Hall–Kier alpha value is -1.13. The number of ether oxygens (including phenoxy) is 1. The maximum absolute atomic E-state index is 12.6. The van der Waals surface area contributed by atoms with E-state index < -0.39 is 8.32 Å². The topological polar surface area (TPSA) is 35.5 Å². The highest BCUT2D eigenvalue weighted by atomic mass is 28.4. The Morgan fingerprint density at radius 2 is 1.09 bits per heavy atom. The minimum Gasteiger partial charge on any atom is -0.462 e. The third-order valence-electron chi connectivity index (χ3n) is 9.61. The summed E-state index contributed by atoms with van der Waals surface area (Å²) in [5, 5.41) is 0.305. The van der Waals surface area contributed by atoms with Crippen LogP contribution >= 0.6 is 0 Å². The van der Waals surface area contributed by atoms with E-state index in [0.717, 1.165) is 51.6 Å². The largest absolute Gasteiger partial charge is 0.462 e. The first kappa shape index (κ1) is 44.9. The summed E-state index contributed by atoms with van der Waals surface area (Å²) in [6.07, 6.45) is 43.3. The van der Waals surface area contributed by atoms with Gasteiger partial charge in [-0.05, 0) is 88.8 Å². The minimum atomic E-state index is -1.59. The van der Waals surface area contributed by atoms with Gasteiger partial charge in [-0.1, -0.05) is 148 Å². The van der Waals surface area contributed by atoms with Crippen LogP contribution < -0.4 is 0 Å². The molecule has 0 amide bonds. The molecule has 0 aromatic rings. The van der Waals surface area contributed by atoms with Gasteiger partial charge < -0.3 is 9.16 Å². The van der Waals surface area contributed by atoms with Crippen molar-refractivity contribution in [3.05, 3.63) is 36.5 Å². The fraction of sp³-hybridized carbons (Fsp3) is 0.833. The van der Waals surface area contributed by atoms with E-state index in [0.29, 0.717) is 11.5 Å². The summed E-state index contributed by atoms with van der Waals surface area (Å²) < 4.78 is 12.3. The number of rotatable bonds is 32. The molecule has 0 spiro atoms. The van der Waals surface area contributed by atoms with E-state index in [4.69, 9.17) is 9.16 Å². The highest BCUT2D eigenvalue weighted by Crippen LogP contribution is 2.36. The third-order valence-corrected chi connectivity index (χ3v) is 14.1. The smallest absolute Gasteiger partial charge is 0.306 e. The standard InChI is InChI=1S/C42H80O3Si/c1-8-10-12-14-15-16-17-18-19-20-21-24-27-30-34-38-41(43)45-40(36-32-13-11-9-2)37-33-29-26-23-22-25-28-31-35-39-44-46(6,7)42(3,4)5/h15-16,18-19,29,33,40H,8-14,17,20-28,30-32,34-39H2,1-7H3/b16-15-,19-18-,33-29-. The van der Waals surface area contributed by atoms with Crippen LogP contribution in [-0.2, 0) is 14.0 Å². The Labute approximate surface area is 290 Å². The molecule has 0 N–H and O–H groups in total. The van der Waals surface area contributed by atoms with Crippen molar-refractivity contribution in [3.63, 3.8) is 0 Å². The number of carbonyl (C=O) groups excluding carboxylic acids is 1. The van der Waals surface area contributed by atoms with Crippen LogP contribution in [0.1, 0.15) is 195 Å². The average molecular weight is 661 g/mol. The van der Waals surface area contributed by atoms with E-state index in [9.17, 15) is 4.79 Å². The summed E-state index contributed by atoms with van der Waals surface area (Å²) in [5.41, 5.74) is 0. The van der Waals surface area contributed by atoms with E-state index in [1.165, 1.54) is 109 Å². The van der Waals surface area contributed by atoms with Gasteiger partial charge in [0.1, 0.15) is 6.10 Å². The molecule has 0 aromatic carbocycles. The van der Waals surface area contributed by atoms with Gasteiger partial charge in [-0.15, -0.1) is 0 Å². The van der Waals surface area contributed by atoms with Gasteiger partial charge in [0.25, 0.3) is 0 Å². The second-order valence-electron chi connectivity index (χ2n) is 15.2. The number of hydrogen-bond donors (Lipinski definition) is 0. The van der Waals surface area contributed by atoms with Crippen LogP contribution in [0.3, 0.4) is 0 Å². The lowest BCUT2D eigenvalue weighted by molar-refractivity contribution is -0.149. The van der Waals surface area contributed by atoms with Gasteiger partial charge in [0, 0.05) is 19.4 Å². The molecule has 0 saturated heterocycles. The van der Waals surface area contributed by atoms with Crippen LogP contribution in [0, 0.1) is 0 Å². The monoisotopic (exact) mass is 661 g/mol. The van der Waals surface area contributed by atoms with Crippen molar-refractivity contribution in [2.75, 3.05) is 6.61 Å². The minimum absolute atomic E-state index is 0.00860. The van der Waals surface area contributed by atoms with Crippen LogP contribution in [0.25, 0.3) is 0 Å². The molecule has 0 radical (unpaired) electrons. The summed E-state index contributed by atoms with van der Waals surface area (Å²) >= 11 is 0. The van der Waals surface area contributed by atoms with Crippen LogP contribution in [0.15, 0.2) is 36.5 Å². The lowest BCUT2D eigenvalue weighted by Gasteiger charge is -2.36.